The molecular weight excluding hydrogens is 428 g/mol. The second kappa shape index (κ2) is 9.43. The number of benzene rings is 1. The predicted octanol–water partition coefficient (Wildman–Crippen LogP) is 4.41. The Kier molecular flexibility index (Phi) is 6.36. The molecule has 1 aromatic heterocycles. The molecule has 2 fully saturated rings. The van der Waals surface area contributed by atoms with Crippen molar-refractivity contribution in [1.29, 1.82) is 0 Å². The summed E-state index contributed by atoms with van der Waals surface area (Å²) in [5.41, 5.74) is 1.54. The molecule has 2 amide bonds. The molecule has 1 atom stereocenters. The molecule has 34 heavy (non-hydrogen) atoms. The summed E-state index contributed by atoms with van der Waals surface area (Å²) in [6.07, 6.45) is 9.01. The van der Waals surface area contributed by atoms with Crippen LogP contribution >= 0.6 is 0 Å². The first-order valence-corrected chi connectivity index (χ1v) is 12.9. The molecule has 0 bridgehead atoms. The zero-order valence-electron chi connectivity index (χ0n) is 20.4. The summed E-state index contributed by atoms with van der Waals surface area (Å²) in [6.45, 7) is 5.20. The molecule has 182 valence electrons. The Morgan fingerprint density at radius 2 is 1.82 bits per heavy atom. The molecule has 1 N–H and O–H groups in total. The fraction of sp³-hybridized carbons (Fsp3) is 0.593. The number of nitrogens with one attached hydrogen (secondary N) is 1. The molecule has 1 aliphatic heterocycles. The second-order valence-electron chi connectivity index (χ2n) is 10.3. The zero-order chi connectivity index (χ0) is 23.7. The molecule has 2 aromatic rings. The van der Waals surface area contributed by atoms with Crippen LogP contribution in [0.3, 0.4) is 0 Å². The molecule has 5 rings (SSSR count). The topological polar surface area (TPSA) is 76.5 Å². The van der Waals surface area contributed by atoms with Crippen molar-refractivity contribution in [3.05, 3.63) is 47.3 Å². The van der Waals surface area contributed by atoms with Gasteiger partial charge < -0.3 is 15.0 Å². The highest BCUT2D eigenvalue weighted by Crippen LogP contribution is 2.41. The van der Waals surface area contributed by atoms with Crippen molar-refractivity contribution < 1.29 is 14.3 Å². The van der Waals surface area contributed by atoms with Crippen molar-refractivity contribution in [2.45, 2.75) is 95.8 Å². The highest BCUT2D eigenvalue weighted by molar-refractivity contribution is 5.99. The molecule has 1 aromatic carbocycles. The van der Waals surface area contributed by atoms with Crippen molar-refractivity contribution in [2.75, 3.05) is 6.61 Å². The molecule has 2 aliphatic carbocycles. The van der Waals surface area contributed by atoms with Gasteiger partial charge in [-0.3, -0.25) is 14.3 Å². The first-order chi connectivity index (χ1) is 16.5. The first kappa shape index (κ1) is 22.9. The van der Waals surface area contributed by atoms with E-state index in [2.05, 4.69) is 5.32 Å². The third kappa shape index (κ3) is 4.57. The van der Waals surface area contributed by atoms with Gasteiger partial charge in [0.1, 0.15) is 17.0 Å². The normalized spacial score (nSPS) is 23.4. The average Bonchev–Trinajstić information content (AvgIpc) is 3.63. The molecule has 7 nitrogen and oxygen atoms in total. The largest absolute Gasteiger partial charge is 0.494 e. The van der Waals surface area contributed by atoms with Crippen LogP contribution in [-0.4, -0.2) is 44.7 Å². The number of ether oxygens (including phenoxy) is 1. The summed E-state index contributed by atoms with van der Waals surface area (Å²) in [7, 11) is 0. The van der Waals surface area contributed by atoms with Gasteiger partial charge in [-0.2, -0.15) is 5.10 Å². The number of carbonyl (C=O) groups is 2. The molecule has 0 spiro atoms. The third-order valence-corrected chi connectivity index (χ3v) is 7.57. The van der Waals surface area contributed by atoms with Crippen LogP contribution in [0.4, 0.5) is 0 Å². The van der Waals surface area contributed by atoms with E-state index in [9.17, 15) is 9.59 Å². The van der Waals surface area contributed by atoms with Gasteiger partial charge in [0, 0.05) is 18.5 Å². The van der Waals surface area contributed by atoms with Gasteiger partial charge in [-0.1, -0.05) is 37.8 Å². The lowest BCUT2D eigenvalue weighted by atomic mass is 9.93. The summed E-state index contributed by atoms with van der Waals surface area (Å²) in [6, 6.07) is 9.91. The van der Waals surface area contributed by atoms with Crippen molar-refractivity contribution >= 4 is 11.8 Å². The lowest BCUT2D eigenvalue weighted by Crippen LogP contribution is -2.64. The molecule has 0 unspecified atom stereocenters. The summed E-state index contributed by atoms with van der Waals surface area (Å²) in [5, 5.41) is 8.06. The van der Waals surface area contributed by atoms with E-state index in [4.69, 9.17) is 9.84 Å². The Labute approximate surface area is 201 Å². The van der Waals surface area contributed by atoms with Crippen LogP contribution in [0.5, 0.6) is 5.75 Å². The minimum absolute atomic E-state index is 0.0761. The van der Waals surface area contributed by atoms with Crippen LogP contribution in [0, 0.1) is 0 Å². The monoisotopic (exact) mass is 464 g/mol. The van der Waals surface area contributed by atoms with E-state index in [1.807, 2.05) is 44.2 Å². The molecular formula is C27H36N4O3. The van der Waals surface area contributed by atoms with Crippen molar-refractivity contribution in [1.82, 2.24) is 20.0 Å². The second-order valence-corrected chi connectivity index (χ2v) is 10.3. The minimum atomic E-state index is -1.01. The first-order valence-electron chi connectivity index (χ1n) is 12.9. The van der Waals surface area contributed by atoms with Gasteiger partial charge in [-0.15, -0.1) is 0 Å². The molecule has 3 aliphatic rings. The SMILES string of the molecule is CCOc1ccc(CN2C(=O)c3cc(C4CC4)nn3C[C@@]2(C)C(=O)NC2CCCCCC2)cc1. The van der Waals surface area contributed by atoms with Crippen LogP contribution < -0.4 is 10.1 Å². The number of aromatic nitrogens is 2. The number of nitrogens with zero attached hydrogens (tertiary/aromatic N) is 3. The minimum Gasteiger partial charge on any atom is -0.494 e. The maximum absolute atomic E-state index is 13.8. The van der Waals surface area contributed by atoms with Gasteiger partial charge in [-0.05, 0) is 63.3 Å². The fourth-order valence-corrected chi connectivity index (χ4v) is 5.29. The summed E-state index contributed by atoms with van der Waals surface area (Å²) < 4.78 is 7.34. The lowest BCUT2D eigenvalue weighted by molar-refractivity contribution is -0.134. The quantitative estimate of drug-likeness (QED) is 0.616. The lowest BCUT2D eigenvalue weighted by Gasteiger charge is -2.44. The van der Waals surface area contributed by atoms with E-state index in [1.54, 1.807) is 9.58 Å². The van der Waals surface area contributed by atoms with Gasteiger partial charge in [0.25, 0.3) is 5.91 Å². The van der Waals surface area contributed by atoms with E-state index in [0.29, 0.717) is 31.3 Å². The van der Waals surface area contributed by atoms with E-state index in [1.165, 1.54) is 12.8 Å². The highest BCUT2D eigenvalue weighted by atomic mass is 16.5. The van der Waals surface area contributed by atoms with Crippen LogP contribution in [0.25, 0.3) is 0 Å². The average molecular weight is 465 g/mol. The van der Waals surface area contributed by atoms with E-state index < -0.39 is 5.54 Å². The maximum atomic E-state index is 13.8. The number of hydrogen-bond acceptors (Lipinski definition) is 4. The maximum Gasteiger partial charge on any atom is 0.273 e. The van der Waals surface area contributed by atoms with Crippen molar-refractivity contribution in [3.8, 4) is 5.75 Å². The van der Waals surface area contributed by atoms with E-state index in [-0.39, 0.29) is 17.9 Å². The van der Waals surface area contributed by atoms with Crippen molar-refractivity contribution in [2.24, 2.45) is 0 Å². The summed E-state index contributed by atoms with van der Waals surface area (Å²) in [5.74, 6) is 1.06. The number of carbonyl (C=O) groups excluding carboxylic acids is 2. The van der Waals surface area contributed by atoms with Gasteiger partial charge in [0.15, 0.2) is 0 Å². The summed E-state index contributed by atoms with van der Waals surface area (Å²) >= 11 is 0. The van der Waals surface area contributed by atoms with E-state index in [0.717, 1.165) is 55.5 Å². The Balaban J connectivity index is 1.43. The Morgan fingerprint density at radius 3 is 2.47 bits per heavy atom. The van der Waals surface area contributed by atoms with Crippen LogP contribution in [0.1, 0.15) is 92.9 Å². The number of rotatable bonds is 7. The number of amides is 2. The Hall–Kier alpha value is -2.83. The Morgan fingerprint density at radius 1 is 1.12 bits per heavy atom. The van der Waals surface area contributed by atoms with Crippen molar-refractivity contribution in [3.63, 3.8) is 0 Å². The molecule has 2 heterocycles. The number of hydrogen-bond donors (Lipinski definition) is 1. The smallest absolute Gasteiger partial charge is 0.273 e. The van der Waals surface area contributed by atoms with E-state index >= 15 is 0 Å². The molecule has 2 saturated carbocycles. The molecule has 0 saturated heterocycles. The van der Waals surface area contributed by atoms with Crippen LogP contribution in [-0.2, 0) is 17.9 Å². The van der Waals surface area contributed by atoms with Gasteiger partial charge in [-0.25, -0.2) is 0 Å². The summed E-state index contributed by atoms with van der Waals surface area (Å²) in [4.78, 5) is 29.3. The molecule has 0 radical (unpaired) electrons. The Bertz CT molecular complexity index is 1030. The van der Waals surface area contributed by atoms with Gasteiger partial charge in [0.2, 0.25) is 5.91 Å². The number of fused-ring (bicyclic) bond motifs is 1. The highest BCUT2D eigenvalue weighted by Gasteiger charge is 2.48. The zero-order valence-corrected chi connectivity index (χ0v) is 20.4. The van der Waals surface area contributed by atoms with Gasteiger partial charge in [0.05, 0.1) is 18.8 Å². The van der Waals surface area contributed by atoms with Crippen LogP contribution in [0.15, 0.2) is 30.3 Å². The fourth-order valence-electron chi connectivity index (χ4n) is 5.29. The standard InChI is InChI=1S/C27H36N4O3/c1-3-34-22-14-10-19(11-15-22)17-30-25(32)24-16-23(20-12-13-20)29-31(24)18-27(30,2)26(33)28-21-8-6-4-5-7-9-21/h10-11,14-16,20-21H,3-9,12-13,17-18H2,1-2H3,(H,28,33)/t27-/m0/s1. The van der Waals surface area contributed by atoms with Gasteiger partial charge >= 0.3 is 0 Å². The van der Waals surface area contributed by atoms with Crippen LogP contribution in [0.2, 0.25) is 0 Å². The third-order valence-electron chi connectivity index (χ3n) is 7.57. The molecule has 7 heteroatoms. The predicted molar refractivity (Wildman–Crippen MR) is 130 cm³/mol.